The number of aliphatic imine (C=N–C) groups is 1. The number of rotatable bonds is 4. The first kappa shape index (κ1) is 20.5. The van der Waals surface area contributed by atoms with Crippen molar-refractivity contribution in [3.8, 4) is 0 Å². The fourth-order valence-electron chi connectivity index (χ4n) is 3.01. The molecule has 1 aromatic carbocycles. The van der Waals surface area contributed by atoms with Crippen molar-refractivity contribution < 1.29 is 4.39 Å². The van der Waals surface area contributed by atoms with Gasteiger partial charge in [-0.15, -0.1) is 24.0 Å². The van der Waals surface area contributed by atoms with Gasteiger partial charge in [-0.3, -0.25) is 4.68 Å². The summed E-state index contributed by atoms with van der Waals surface area (Å²) in [6.07, 6.45) is 1.78. The summed E-state index contributed by atoms with van der Waals surface area (Å²) in [7, 11) is 1.92. The highest BCUT2D eigenvalue weighted by atomic mass is 127. The molecule has 0 spiro atoms. The average molecular weight is 472 g/mol. The van der Waals surface area contributed by atoms with Gasteiger partial charge < -0.3 is 15.1 Å². The zero-order chi connectivity index (χ0) is 17.6. The molecular weight excluding hydrogens is 446 g/mol. The summed E-state index contributed by atoms with van der Waals surface area (Å²) in [6.45, 7) is 6.64. The van der Waals surface area contributed by atoms with E-state index < -0.39 is 0 Å². The van der Waals surface area contributed by atoms with Crippen molar-refractivity contribution >= 4 is 35.6 Å². The molecule has 1 aromatic heterocycles. The van der Waals surface area contributed by atoms with Crippen molar-refractivity contribution in [1.82, 2.24) is 20.0 Å². The standard InChI is InChI=1S/C18H25FN6.HI/c1-3-20-18(21-14-15-8-9-22-23(15)2)25-12-10-24(11-13-25)17-7-5-4-6-16(17)19;/h4-9H,3,10-14H2,1-2H3,(H,20,21);1H. The maximum Gasteiger partial charge on any atom is 0.194 e. The predicted molar refractivity (Wildman–Crippen MR) is 114 cm³/mol. The van der Waals surface area contributed by atoms with Crippen LogP contribution in [-0.2, 0) is 13.6 Å². The summed E-state index contributed by atoms with van der Waals surface area (Å²) >= 11 is 0. The monoisotopic (exact) mass is 472 g/mol. The number of anilines is 1. The normalized spacial score (nSPS) is 15.0. The highest BCUT2D eigenvalue weighted by Crippen LogP contribution is 2.20. The Morgan fingerprint density at radius 2 is 1.92 bits per heavy atom. The van der Waals surface area contributed by atoms with Gasteiger partial charge >= 0.3 is 0 Å². The van der Waals surface area contributed by atoms with E-state index in [0.29, 0.717) is 12.2 Å². The number of nitrogens with zero attached hydrogens (tertiary/aromatic N) is 5. The van der Waals surface area contributed by atoms with E-state index in [1.165, 1.54) is 6.07 Å². The van der Waals surface area contributed by atoms with Crippen LogP contribution in [-0.4, -0.2) is 53.4 Å². The highest BCUT2D eigenvalue weighted by Gasteiger charge is 2.21. The molecule has 0 atom stereocenters. The van der Waals surface area contributed by atoms with Gasteiger partial charge in [0.25, 0.3) is 0 Å². The molecule has 1 fully saturated rings. The van der Waals surface area contributed by atoms with Crippen LogP contribution in [0, 0.1) is 5.82 Å². The molecule has 0 radical (unpaired) electrons. The fourth-order valence-corrected chi connectivity index (χ4v) is 3.01. The van der Waals surface area contributed by atoms with E-state index in [0.717, 1.165) is 44.4 Å². The van der Waals surface area contributed by atoms with E-state index in [1.54, 1.807) is 12.3 Å². The first-order valence-electron chi connectivity index (χ1n) is 8.68. The summed E-state index contributed by atoms with van der Waals surface area (Å²) in [5, 5.41) is 7.53. The fraction of sp³-hybridized carbons (Fsp3) is 0.444. The lowest BCUT2D eigenvalue weighted by atomic mass is 10.2. The minimum atomic E-state index is -0.160. The van der Waals surface area contributed by atoms with Gasteiger partial charge in [-0.25, -0.2) is 9.38 Å². The molecule has 1 aliphatic rings. The van der Waals surface area contributed by atoms with Gasteiger partial charge in [-0.2, -0.15) is 5.10 Å². The van der Waals surface area contributed by atoms with E-state index in [4.69, 9.17) is 4.99 Å². The second kappa shape index (κ2) is 9.75. The molecule has 0 saturated carbocycles. The van der Waals surface area contributed by atoms with Crippen molar-refractivity contribution in [1.29, 1.82) is 0 Å². The van der Waals surface area contributed by atoms with Crippen LogP contribution >= 0.6 is 24.0 Å². The Morgan fingerprint density at radius 1 is 1.19 bits per heavy atom. The third-order valence-corrected chi connectivity index (χ3v) is 4.42. The van der Waals surface area contributed by atoms with Crippen LogP contribution in [0.4, 0.5) is 10.1 Å². The summed E-state index contributed by atoms with van der Waals surface area (Å²) in [5.74, 6) is 0.740. The Morgan fingerprint density at radius 3 is 2.54 bits per heavy atom. The molecule has 2 aromatic rings. The van der Waals surface area contributed by atoms with Gasteiger partial charge in [0, 0.05) is 46.0 Å². The van der Waals surface area contributed by atoms with Gasteiger partial charge in [0.05, 0.1) is 17.9 Å². The Labute approximate surface area is 171 Å². The Balaban J connectivity index is 0.00000243. The molecule has 2 heterocycles. The lowest BCUT2D eigenvalue weighted by Crippen LogP contribution is -2.52. The molecular formula is C18H26FIN6. The first-order valence-corrected chi connectivity index (χ1v) is 8.68. The topological polar surface area (TPSA) is 48.7 Å². The van der Waals surface area contributed by atoms with Crippen molar-refractivity contribution in [3.05, 3.63) is 48.0 Å². The quantitative estimate of drug-likeness (QED) is 0.422. The first-order chi connectivity index (χ1) is 12.2. The maximum absolute atomic E-state index is 14.0. The third kappa shape index (κ3) is 4.87. The number of aromatic nitrogens is 2. The Kier molecular flexibility index (Phi) is 7.67. The Hall–Kier alpha value is -1.84. The molecule has 26 heavy (non-hydrogen) atoms. The van der Waals surface area contributed by atoms with Crippen LogP contribution in [0.3, 0.4) is 0 Å². The Bertz CT molecular complexity index is 724. The molecule has 0 bridgehead atoms. The number of guanidine groups is 1. The van der Waals surface area contributed by atoms with Gasteiger partial charge in [0.15, 0.2) is 5.96 Å². The predicted octanol–water partition coefficient (Wildman–Crippen LogP) is 2.46. The number of hydrogen-bond acceptors (Lipinski definition) is 3. The highest BCUT2D eigenvalue weighted by molar-refractivity contribution is 14.0. The van der Waals surface area contributed by atoms with Gasteiger partial charge in [-0.05, 0) is 25.1 Å². The van der Waals surface area contributed by atoms with Crippen molar-refractivity contribution in [3.63, 3.8) is 0 Å². The van der Waals surface area contributed by atoms with Crippen molar-refractivity contribution in [2.24, 2.45) is 12.0 Å². The number of nitrogens with one attached hydrogen (secondary N) is 1. The van der Waals surface area contributed by atoms with Crippen molar-refractivity contribution in [2.45, 2.75) is 13.5 Å². The molecule has 142 valence electrons. The average Bonchev–Trinajstić information content (AvgIpc) is 3.04. The van der Waals surface area contributed by atoms with E-state index in [-0.39, 0.29) is 29.8 Å². The lowest BCUT2D eigenvalue weighted by molar-refractivity contribution is 0.370. The van der Waals surface area contributed by atoms with Crippen LogP contribution in [0.25, 0.3) is 0 Å². The zero-order valence-corrected chi connectivity index (χ0v) is 17.6. The van der Waals surface area contributed by atoms with Gasteiger partial charge in [0.1, 0.15) is 5.82 Å². The van der Waals surface area contributed by atoms with Gasteiger partial charge in [0.2, 0.25) is 0 Å². The number of benzene rings is 1. The molecule has 8 heteroatoms. The van der Waals surface area contributed by atoms with Crippen LogP contribution in [0.1, 0.15) is 12.6 Å². The molecule has 1 N–H and O–H groups in total. The molecule has 6 nitrogen and oxygen atoms in total. The summed E-state index contributed by atoms with van der Waals surface area (Å²) in [4.78, 5) is 9.06. The second-order valence-corrected chi connectivity index (χ2v) is 6.04. The van der Waals surface area contributed by atoms with Gasteiger partial charge in [-0.1, -0.05) is 12.1 Å². The van der Waals surface area contributed by atoms with Crippen LogP contribution in [0.2, 0.25) is 0 Å². The van der Waals surface area contributed by atoms with Crippen LogP contribution < -0.4 is 10.2 Å². The largest absolute Gasteiger partial charge is 0.366 e. The smallest absolute Gasteiger partial charge is 0.194 e. The SMILES string of the molecule is CCNC(=NCc1ccnn1C)N1CCN(c2ccccc2F)CC1.I. The number of halogens is 2. The molecule has 0 unspecified atom stereocenters. The second-order valence-electron chi connectivity index (χ2n) is 6.04. The minimum Gasteiger partial charge on any atom is -0.366 e. The molecule has 0 amide bonds. The summed E-state index contributed by atoms with van der Waals surface area (Å²) in [6, 6.07) is 8.94. The third-order valence-electron chi connectivity index (χ3n) is 4.42. The summed E-state index contributed by atoms with van der Waals surface area (Å²) in [5.41, 5.74) is 1.75. The maximum atomic E-state index is 14.0. The van der Waals surface area contributed by atoms with Crippen LogP contribution in [0.5, 0.6) is 0 Å². The molecule has 0 aliphatic carbocycles. The number of piperazine rings is 1. The lowest BCUT2D eigenvalue weighted by Gasteiger charge is -2.37. The zero-order valence-electron chi connectivity index (χ0n) is 15.2. The molecule has 1 aliphatic heterocycles. The van der Waals surface area contributed by atoms with E-state index in [1.807, 2.05) is 29.9 Å². The van der Waals surface area contributed by atoms with E-state index in [2.05, 4.69) is 27.1 Å². The van der Waals surface area contributed by atoms with E-state index in [9.17, 15) is 4.39 Å². The van der Waals surface area contributed by atoms with E-state index >= 15 is 0 Å². The molecule has 1 saturated heterocycles. The number of aryl methyl sites for hydroxylation is 1. The number of para-hydroxylation sites is 1. The molecule has 3 rings (SSSR count). The van der Waals surface area contributed by atoms with Crippen LogP contribution in [0.15, 0.2) is 41.5 Å². The number of hydrogen-bond donors (Lipinski definition) is 1. The van der Waals surface area contributed by atoms with Crippen molar-refractivity contribution in [2.75, 3.05) is 37.6 Å². The summed E-state index contributed by atoms with van der Waals surface area (Å²) < 4.78 is 15.8. The minimum absolute atomic E-state index is 0.